The lowest BCUT2D eigenvalue weighted by Crippen LogP contribution is -2.18. The van der Waals surface area contributed by atoms with Gasteiger partial charge < -0.3 is 15.0 Å². The highest BCUT2D eigenvalue weighted by Crippen LogP contribution is 2.31. The van der Waals surface area contributed by atoms with Gasteiger partial charge in [-0.1, -0.05) is 35.9 Å². The van der Waals surface area contributed by atoms with Crippen LogP contribution in [0, 0.1) is 5.92 Å². The van der Waals surface area contributed by atoms with Gasteiger partial charge in [0.25, 0.3) is 0 Å². The number of benzene rings is 2. The number of nitrogens with one attached hydrogen (secondary N) is 1. The van der Waals surface area contributed by atoms with Crippen molar-refractivity contribution in [3.05, 3.63) is 58.6 Å². The molecule has 26 heavy (non-hydrogen) atoms. The molecule has 0 radical (unpaired) electrons. The smallest absolute Gasteiger partial charge is 0.309 e. The number of ether oxygens (including phenoxy) is 1. The first-order valence-corrected chi connectivity index (χ1v) is 9.32. The van der Waals surface area contributed by atoms with Gasteiger partial charge in [-0.05, 0) is 48.1 Å². The third-order valence-corrected chi connectivity index (χ3v) is 4.92. The Bertz CT molecular complexity index is 774. The van der Waals surface area contributed by atoms with Gasteiger partial charge in [-0.15, -0.1) is 0 Å². The number of halogens is 1. The Labute approximate surface area is 160 Å². The summed E-state index contributed by atoms with van der Waals surface area (Å²) in [5.74, 6) is 0.579. The van der Waals surface area contributed by atoms with Gasteiger partial charge in [0, 0.05) is 36.5 Å². The van der Waals surface area contributed by atoms with E-state index in [2.05, 4.69) is 16.3 Å². The SMILES string of the molecule is COC(=O)Cc1ccccc1CN(C)c1cc(Cl)cc(NCC2CC2)c1. The Kier molecular flexibility index (Phi) is 6.04. The lowest BCUT2D eigenvalue weighted by Gasteiger charge is -2.22. The molecule has 0 amide bonds. The molecule has 1 fully saturated rings. The van der Waals surface area contributed by atoms with Crippen molar-refractivity contribution in [2.24, 2.45) is 5.92 Å². The quantitative estimate of drug-likeness (QED) is 0.692. The fourth-order valence-electron chi connectivity index (χ4n) is 2.94. The van der Waals surface area contributed by atoms with Gasteiger partial charge >= 0.3 is 5.97 Å². The third-order valence-electron chi connectivity index (χ3n) is 4.70. The molecule has 2 aromatic carbocycles. The number of anilines is 2. The molecule has 0 bridgehead atoms. The van der Waals surface area contributed by atoms with Crippen LogP contribution in [0.4, 0.5) is 11.4 Å². The number of carbonyl (C=O) groups excluding carboxylic acids is 1. The number of methoxy groups -OCH3 is 1. The van der Waals surface area contributed by atoms with Gasteiger partial charge in [0.2, 0.25) is 0 Å². The molecule has 3 rings (SSSR count). The van der Waals surface area contributed by atoms with Gasteiger partial charge in [0.15, 0.2) is 0 Å². The summed E-state index contributed by atoms with van der Waals surface area (Å²) >= 11 is 6.32. The topological polar surface area (TPSA) is 41.6 Å². The molecule has 0 atom stereocenters. The maximum Gasteiger partial charge on any atom is 0.309 e. The number of nitrogens with zero attached hydrogens (tertiary/aromatic N) is 1. The average molecular weight is 373 g/mol. The van der Waals surface area contributed by atoms with E-state index in [0.717, 1.165) is 40.0 Å². The average Bonchev–Trinajstić information content (AvgIpc) is 3.45. The van der Waals surface area contributed by atoms with Crippen molar-refractivity contribution < 1.29 is 9.53 Å². The highest BCUT2D eigenvalue weighted by Gasteiger charge is 2.20. The van der Waals surface area contributed by atoms with Crippen molar-refractivity contribution in [1.82, 2.24) is 0 Å². The highest BCUT2D eigenvalue weighted by molar-refractivity contribution is 6.31. The second-order valence-corrected chi connectivity index (χ2v) is 7.34. The monoisotopic (exact) mass is 372 g/mol. The molecule has 5 heteroatoms. The predicted octanol–water partition coefficient (Wildman–Crippen LogP) is 4.51. The van der Waals surface area contributed by atoms with Crippen molar-refractivity contribution in [2.45, 2.75) is 25.8 Å². The summed E-state index contributed by atoms with van der Waals surface area (Å²) in [6, 6.07) is 14.0. The zero-order valence-corrected chi connectivity index (χ0v) is 16.1. The molecule has 0 saturated heterocycles. The summed E-state index contributed by atoms with van der Waals surface area (Å²) in [5, 5.41) is 4.20. The molecule has 1 aliphatic rings. The van der Waals surface area contributed by atoms with Crippen LogP contribution in [0.15, 0.2) is 42.5 Å². The van der Waals surface area contributed by atoms with Crippen LogP contribution >= 0.6 is 11.6 Å². The largest absolute Gasteiger partial charge is 0.469 e. The molecule has 1 N–H and O–H groups in total. The van der Waals surface area contributed by atoms with Crippen LogP contribution in [0.2, 0.25) is 5.02 Å². The molecular formula is C21H25ClN2O2. The number of hydrogen-bond acceptors (Lipinski definition) is 4. The first-order valence-electron chi connectivity index (χ1n) is 8.94. The summed E-state index contributed by atoms with van der Waals surface area (Å²) < 4.78 is 4.80. The van der Waals surface area contributed by atoms with Crippen LogP contribution in [-0.2, 0) is 22.5 Å². The van der Waals surface area contributed by atoms with Gasteiger partial charge in [-0.2, -0.15) is 0 Å². The summed E-state index contributed by atoms with van der Waals surface area (Å²) in [6.07, 6.45) is 2.92. The number of esters is 1. The Morgan fingerprint density at radius 3 is 2.65 bits per heavy atom. The fourth-order valence-corrected chi connectivity index (χ4v) is 3.17. The Morgan fingerprint density at radius 2 is 1.96 bits per heavy atom. The number of carbonyl (C=O) groups is 1. The Balaban J connectivity index is 1.73. The number of hydrogen-bond donors (Lipinski definition) is 1. The van der Waals surface area contributed by atoms with Crippen LogP contribution < -0.4 is 10.2 Å². The highest BCUT2D eigenvalue weighted by atomic mass is 35.5. The third kappa shape index (κ3) is 5.15. The molecule has 0 unspecified atom stereocenters. The van der Waals surface area contributed by atoms with Crippen molar-refractivity contribution in [3.63, 3.8) is 0 Å². The van der Waals surface area contributed by atoms with Crippen LogP contribution in [0.5, 0.6) is 0 Å². The van der Waals surface area contributed by atoms with Crippen molar-refractivity contribution in [2.75, 3.05) is 30.9 Å². The van der Waals surface area contributed by atoms with E-state index in [1.807, 2.05) is 43.4 Å². The van der Waals surface area contributed by atoms with Crippen molar-refractivity contribution in [3.8, 4) is 0 Å². The molecule has 0 aromatic heterocycles. The minimum atomic E-state index is -0.227. The van der Waals surface area contributed by atoms with Gasteiger partial charge in [-0.3, -0.25) is 4.79 Å². The lowest BCUT2D eigenvalue weighted by atomic mass is 10.0. The predicted molar refractivity (Wildman–Crippen MR) is 107 cm³/mol. The molecule has 1 saturated carbocycles. The Morgan fingerprint density at radius 1 is 1.23 bits per heavy atom. The fraction of sp³-hybridized carbons (Fsp3) is 0.381. The molecule has 138 valence electrons. The summed E-state index contributed by atoms with van der Waals surface area (Å²) in [5.41, 5.74) is 4.19. The maximum atomic E-state index is 11.6. The van der Waals surface area contributed by atoms with Gasteiger partial charge in [-0.25, -0.2) is 0 Å². The first kappa shape index (κ1) is 18.6. The lowest BCUT2D eigenvalue weighted by molar-refractivity contribution is -0.139. The van der Waals surface area contributed by atoms with Gasteiger partial charge in [0.05, 0.1) is 13.5 Å². The minimum absolute atomic E-state index is 0.227. The van der Waals surface area contributed by atoms with Crippen LogP contribution in [0.25, 0.3) is 0 Å². The zero-order valence-electron chi connectivity index (χ0n) is 15.3. The van der Waals surface area contributed by atoms with Crippen LogP contribution in [-0.4, -0.2) is 26.7 Å². The van der Waals surface area contributed by atoms with Crippen LogP contribution in [0.1, 0.15) is 24.0 Å². The molecule has 2 aromatic rings. The van der Waals surface area contributed by atoms with E-state index < -0.39 is 0 Å². The Hall–Kier alpha value is -2.20. The minimum Gasteiger partial charge on any atom is -0.469 e. The molecular weight excluding hydrogens is 348 g/mol. The van der Waals surface area contributed by atoms with E-state index in [9.17, 15) is 4.79 Å². The van der Waals surface area contributed by atoms with Gasteiger partial charge in [0.1, 0.15) is 0 Å². The summed E-state index contributed by atoms with van der Waals surface area (Å²) in [7, 11) is 3.45. The first-order chi connectivity index (χ1) is 12.5. The normalized spacial score (nSPS) is 13.3. The van der Waals surface area contributed by atoms with Crippen LogP contribution in [0.3, 0.4) is 0 Å². The summed E-state index contributed by atoms with van der Waals surface area (Å²) in [4.78, 5) is 13.8. The van der Waals surface area contributed by atoms with E-state index in [1.165, 1.54) is 20.0 Å². The molecule has 0 aliphatic heterocycles. The van der Waals surface area contributed by atoms with E-state index in [4.69, 9.17) is 16.3 Å². The molecule has 1 aliphatic carbocycles. The number of rotatable bonds is 8. The standard InChI is InChI=1S/C21H25ClN2O2/c1-24(14-17-6-4-3-5-16(17)9-21(25)26-2)20-11-18(22)10-19(12-20)23-13-15-7-8-15/h3-6,10-12,15,23H,7-9,13-14H2,1-2H3. The molecule has 0 heterocycles. The van der Waals surface area contributed by atoms with E-state index >= 15 is 0 Å². The van der Waals surface area contributed by atoms with Crippen molar-refractivity contribution in [1.29, 1.82) is 0 Å². The molecule has 0 spiro atoms. The van der Waals surface area contributed by atoms with E-state index in [1.54, 1.807) is 0 Å². The molecule has 4 nitrogen and oxygen atoms in total. The second-order valence-electron chi connectivity index (χ2n) is 6.90. The maximum absolute atomic E-state index is 11.6. The zero-order chi connectivity index (χ0) is 18.5. The van der Waals surface area contributed by atoms with E-state index in [0.29, 0.717) is 6.54 Å². The summed E-state index contributed by atoms with van der Waals surface area (Å²) in [6.45, 7) is 1.70. The second kappa shape index (κ2) is 8.45. The van der Waals surface area contributed by atoms with E-state index in [-0.39, 0.29) is 12.4 Å². The van der Waals surface area contributed by atoms with Crippen molar-refractivity contribution >= 4 is 28.9 Å².